The van der Waals surface area contributed by atoms with E-state index in [1.54, 1.807) is 13.8 Å². The van der Waals surface area contributed by atoms with Crippen molar-refractivity contribution in [2.75, 3.05) is 0 Å². The molecule has 0 aliphatic rings. The average molecular weight is 415 g/mol. The van der Waals surface area contributed by atoms with Crippen molar-refractivity contribution in [2.24, 2.45) is 10.8 Å². The van der Waals surface area contributed by atoms with Crippen LogP contribution in [0.15, 0.2) is 0 Å². The van der Waals surface area contributed by atoms with Gasteiger partial charge >= 0.3 is 49.7 Å². The summed E-state index contributed by atoms with van der Waals surface area (Å²) >= 11 is 0. The van der Waals surface area contributed by atoms with Gasteiger partial charge in [-0.15, -0.1) is 0 Å². The zero-order valence-electron chi connectivity index (χ0n) is 17.5. The van der Waals surface area contributed by atoms with Gasteiger partial charge in [0.25, 0.3) is 0 Å². The maximum Gasteiger partial charge on any atom is 2.00 e. The summed E-state index contributed by atoms with van der Waals surface area (Å²) in [6.45, 7) is 14.9. The summed E-state index contributed by atoms with van der Waals surface area (Å²) in [5.74, 6) is -4.32. The maximum atomic E-state index is 10.9. The molecule has 0 bridgehead atoms. The molecule has 0 aliphatic carbocycles. The molecule has 0 radical (unpaired) electrons. The number of carbonyl (C=O) groups excluding carboxylic acids is 4. The fourth-order valence-corrected chi connectivity index (χ4v) is 1.07. The van der Waals surface area contributed by atoms with Crippen molar-refractivity contribution in [3.63, 3.8) is 0 Å². The number of rotatable bonds is 6. The summed E-state index contributed by atoms with van der Waals surface area (Å²) in [4.78, 5) is 41.8. The van der Waals surface area contributed by atoms with E-state index in [1.807, 2.05) is 41.5 Å². The average Bonchev–Trinajstić information content (AvgIpc) is 2.34. The fraction of sp³-hybridized carbons (Fsp3) is 0.778. The molecule has 8 nitrogen and oxygen atoms in total. The molecule has 0 amide bonds. The summed E-state index contributed by atoms with van der Waals surface area (Å²) in [6.07, 6.45) is -1.97. The predicted molar refractivity (Wildman–Crippen MR) is 95.0 cm³/mol. The van der Waals surface area contributed by atoms with Crippen LogP contribution in [0.25, 0.3) is 0 Å². The molecule has 0 spiro atoms. The van der Waals surface area contributed by atoms with Gasteiger partial charge in [-0.05, 0) is 24.7 Å². The van der Waals surface area contributed by atoms with E-state index < -0.39 is 36.7 Å². The van der Waals surface area contributed by atoms with E-state index in [4.69, 9.17) is 9.47 Å². The second kappa shape index (κ2) is 13.3. The van der Waals surface area contributed by atoms with E-state index in [2.05, 4.69) is 0 Å². The minimum atomic E-state index is -1.41. The normalized spacial score (nSPS) is 13.0. The fourth-order valence-electron chi connectivity index (χ4n) is 1.07. The molecule has 2 unspecified atom stereocenters. The van der Waals surface area contributed by atoms with Gasteiger partial charge in [0, 0.05) is 0 Å². The summed E-state index contributed by atoms with van der Waals surface area (Å²) in [5, 5.41) is 20.1. The van der Waals surface area contributed by atoms with Crippen LogP contribution < -0.4 is 10.2 Å². The van der Waals surface area contributed by atoms with E-state index in [1.165, 1.54) is 0 Å². The minimum Gasteiger partial charge on any atom is -0.550 e. The molecule has 0 aromatic heterocycles. The third-order valence-electron chi connectivity index (χ3n) is 3.63. The summed E-state index contributed by atoms with van der Waals surface area (Å²) < 4.78 is 9.73. The van der Waals surface area contributed by atoms with Gasteiger partial charge in [0.1, 0.15) is 12.2 Å². The molecule has 2 atom stereocenters. The molecule has 0 saturated heterocycles. The summed E-state index contributed by atoms with van der Waals surface area (Å²) in [5.41, 5.74) is -0.358. The van der Waals surface area contributed by atoms with E-state index in [-0.39, 0.29) is 60.8 Å². The Bertz CT molecular complexity index is 456. The number of carbonyl (C=O) groups is 4. The zero-order chi connectivity index (χ0) is 21.3. The van der Waals surface area contributed by atoms with Crippen LogP contribution in [0.1, 0.15) is 68.2 Å². The molecule has 0 saturated carbocycles. The minimum absolute atomic E-state index is 0. The Morgan fingerprint density at radius 3 is 1.07 bits per heavy atom. The first-order valence-electron chi connectivity index (χ1n) is 8.25. The van der Waals surface area contributed by atoms with Crippen molar-refractivity contribution >= 4 is 61.6 Å². The Morgan fingerprint density at radius 1 is 0.704 bits per heavy atom. The second-order valence-corrected chi connectivity index (χ2v) is 8.09. The third-order valence-corrected chi connectivity index (χ3v) is 3.63. The van der Waals surface area contributed by atoms with Gasteiger partial charge < -0.3 is 29.3 Å². The topological polar surface area (TPSA) is 133 Å². The first-order chi connectivity index (χ1) is 11.5. The molecular weight excluding hydrogens is 384 g/mol. The van der Waals surface area contributed by atoms with Crippen LogP contribution >= 0.6 is 0 Å². The Kier molecular flexibility index (Phi) is 15.2. The second-order valence-electron chi connectivity index (χ2n) is 8.09. The van der Waals surface area contributed by atoms with Crippen LogP contribution in [0.2, 0.25) is 0 Å². The van der Waals surface area contributed by atoms with Gasteiger partial charge in [-0.2, -0.15) is 0 Å². The Hall–Kier alpha value is -0.860. The summed E-state index contributed by atoms with van der Waals surface area (Å²) in [6, 6.07) is 0. The molecular formula is C18H30CaO8. The number of hydrogen-bond acceptors (Lipinski definition) is 8. The van der Waals surface area contributed by atoms with Gasteiger partial charge in [-0.25, -0.2) is 0 Å². The third kappa shape index (κ3) is 18.3. The van der Waals surface area contributed by atoms with Gasteiger partial charge in [0.2, 0.25) is 0 Å². The molecule has 0 N–H and O–H groups in total. The van der Waals surface area contributed by atoms with E-state index in [0.29, 0.717) is 0 Å². The van der Waals surface area contributed by atoms with Crippen LogP contribution in [0.3, 0.4) is 0 Å². The molecule has 0 aromatic carbocycles. The number of carboxylic acids is 2. The Labute approximate surface area is 191 Å². The molecule has 0 heterocycles. The standard InChI is InChI=1S/2C9H16O4.Ca/c2*1-6(9(2,3)4)13-8(12)5-7(10)11;/h2*6H,5H2,1-4H3,(H,10,11);/q;;+2/p-2. The van der Waals surface area contributed by atoms with Crippen molar-refractivity contribution in [2.45, 2.75) is 80.4 Å². The predicted octanol–water partition coefficient (Wildman–Crippen LogP) is -0.172. The van der Waals surface area contributed by atoms with Gasteiger partial charge in [-0.3, -0.25) is 9.59 Å². The van der Waals surface area contributed by atoms with Gasteiger partial charge in [0.15, 0.2) is 0 Å². The molecule has 152 valence electrons. The Balaban J connectivity index is -0.000000411. The largest absolute Gasteiger partial charge is 2.00 e. The molecule has 0 fully saturated rings. The van der Waals surface area contributed by atoms with Crippen molar-refractivity contribution in [1.82, 2.24) is 0 Å². The number of hydrogen-bond donors (Lipinski definition) is 0. The monoisotopic (exact) mass is 414 g/mol. The number of carboxylic acid groups (broad SMARTS) is 2. The van der Waals surface area contributed by atoms with Crippen LogP contribution in [0, 0.1) is 10.8 Å². The van der Waals surface area contributed by atoms with Gasteiger partial charge in [-0.1, -0.05) is 41.5 Å². The molecule has 0 rings (SSSR count). The Morgan fingerprint density at radius 2 is 0.926 bits per heavy atom. The van der Waals surface area contributed by atoms with E-state index in [9.17, 15) is 29.4 Å². The first kappa shape index (κ1) is 30.9. The molecule has 9 heteroatoms. The zero-order valence-corrected chi connectivity index (χ0v) is 19.8. The van der Waals surface area contributed by atoms with Crippen LogP contribution in [0.4, 0.5) is 0 Å². The van der Waals surface area contributed by atoms with Crippen molar-refractivity contribution in [1.29, 1.82) is 0 Å². The molecule has 0 aromatic rings. The quantitative estimate of drug-likeness (QED) is 0.332. The summed E-state index contributed by atoms with van der Waals surface area (Å²) in [7, 11) is 0. The van der Waals surface area contributed by atoms with E-state index >= 15 is 0 Å². The van der Waals surface area contributed by atoms with Crippen LogP contribution in [-0.2, 0) is 28.7 Å². The molecule has 27 heavy (non-hydrogen) atoms. The first-order valence-corrected chi connectivity index (χ1v) is 8.25. The van der Waals surface area contributed by atoms with Crippen molar-refractivity contribution in [3.05, 3.63) is 0 Å². The maximum absolute atomic E-state index is 10.9. The van der Waals surface area contributed by atoms with Crippen molar-refractivity contribution < 1.29 is 38.9 Å². The smallest absolute Gasteiger partial charge is 0.550 e. The number of aliphatic carboxylic acids is 2. The number of ether oxygens (including phenoxy) is 2. The van der Waals surface area contributed by atoms with Crippen LogP contribution in [-0.4, -0.2) is 73.8 Å². The van der Waals surface area contributed by atoms with Crippen molar-refractivity contribution in [3.8, 4) is 0 Å². The number of esters is 2. The van der Waals surface area contributed by atoms with Crippen LogP contribution in [0.5, 0.6) is 0 Å². The molecule has 0 aliphatic heterocycles. The van der Waals surface area contributed by atoms with E-state index in [0.717, 1.165) is 0 Å². The van der Waals surface area contributed by atoms with Gasteiger partial charge in [0.05, 0.1) is 24.8 Å². The SMILES string of the molecule is CC(OC(=O)CC(=O)[O-])C(C)(C)C.CC(OC(=O)CC(=O)[O-])C(C)(C)C.[Ca+2].